The summed E-state index contributed by atoms with van der Waals surface area (Å²) in [6.07, 6.45) is 3.51. The number of carbonyl (C=O) groups is 2. The molecule has 2 heterocycles. The number of hydrogen-bond acceptors (Lipinski definition) is 6. The first-order chi connectivity index (χ1) is 12.6. The summed E-state index contributed by atoms with van der Waals surface area (Å²) in [6.45, 7) is 1.49. The van der Waals surface area contributed by atoms with Gasteiger partial charge in [0.25, 0.3) is 0 Å². The van der Waals surface area contributed by atoms with Crippen LogP contribution in [-0.4, -0.2) is 28.8 Å². The van der Waals surface area contributed by atoms with Gasteiger partial charge in [0.05, 0.1) is 19.2 Å². The van der Waals surface area contributed by atoms with Gasteiger partial charge in [-0.05, 0) is 37.3 Å². The predicted octanol–water partition coefficient (Wildman–Crippen LogP) is 3.60. The average Bonchev–Trinajstić information content (AvgIpc) is 3.10. The van der Waals surface area contributed by atoms with Crippen molar-refractivity contribution in [3.8, 4) is 17.0 Å². The van der Waals surface area contributed by atoms with Crippen LogP contribution in [0.4, 0.5) is 5.13 Å². The van der Waals surface area contributed by atoms with Crippen LogP contribution in [0.25, 0.3) is 11.3 Å². The van der Waals surface area contributed by atoms with Gasteiger partial charge in [-0.15, -0.1) is 11.3 Å². The van der Waals surface area contributed by atoms with Crippen LogP contribution in [0.15, 0.2) is 48.1 Å². The van der Waals surface area contributed by atoms with E-state index >= 15 is 0 Å². The van der Waals surface area contributed by atoms with Crippen molar-refractivity contribution in [2.24, 2.45) is 0 Å². The number of ether oxygens (including phenoxy) is 1. The van der Waals surface area contributed by atoms with Crippen LogP contribution in [0.5, 0.6) is 5.75 Å². The van der Waals surface area contributed by atoms with Crippen LogP contribution < -0.4 is 10.1 Å². The third-order valence-corrected chi connectivity index (χ3v) is 4.50. The fraction of sp³-hybridized carbons (Fsp3) is 0.158. The summed E-state index contributed by atoms with van der Waals surface area (Å²) in [7, 11) is 1.53. The van der Waals surface area contributed by atoms with E-state index in [1.54, 1.807) is 30.6 Å². The second-order valence-corrected chi connectivity index (χ2v) is 6.45. The summed E-state index contributed by atoms with van der Waals surface area (Å²) in [4.78, 5) is 32.4. The highest BCUT2D eigenvalue weighted by Crippen LogP contribution is 2.25. The number of aromatic nitrogens is 2. The van der Waals surface area contributed by atoms with Gasteiger partial charge in [0, 0.05) is 34.5 Å². The van der Waals surface area contributed by atoms with Crippen LogP contribution in [0.3, 0.4) is 0 Å². The Morgan fingerprint density at radius 3 is 2.81 bits per heavy atom. The molecule has 1 aromatic carbocycles. The van der Waals surface area contributed by atoms with Crippen molar-refractivity contribution in [1.29, 1.82) is 0 Å². The zero-order valence-electron chi connectivity index (χ0n) is 14.4. The molecule has 26 heavy (non-hydrogen) atoms. The van der Waals surface area contributed by atoms with E-state index in [1.165, 1.54) is 25.4 Å². The maximum absolute atomic E-state index is 12.4. The highest BCUT2D eigenvalue weighted by molar-refractivity contribution is 7.14. The minimum atomic E-state index is -0.226. The Kier molecular flexibility index (Phi) is 5.38. The van der Waals surface area contributed by atoms with Gasteiger partial charge in [0.1, 0.15) is 5.75 Å². The summed E-state index contributed by atoms with van der Waals surface area (Å²) in [6, 6.07) is 8.81. The lowest BCUT2D eigenvalue weighted by atomic mass is 10.0. The molecule has 0 saturated heterocycles. The van der Waals surface area contributed by atoms with Gasteiger partial charge >= 0.3 is 0 Å². The van der Waals surface area contributed by atoms with E-state index in [4.69, 9.17) is 4.74 Å². The minimum absolute atomic E-state index is 0.0599. The normalized spacial score (nSPS) is 10.4. The number of thiazole rings is 1. The van der Waals surface area contributed by atoms with Gasteiger partial charge in [0.2, 0.25) is 5.91 Å². The van der Waals surface area contributed by atoms with E-state index in [-0.39, 0.29) is 18.1 Å². The first-order valence-electron chi connectivity index (χ1n) is 7.90. The van der Waals surface area contributed by atoms with E-state index in [0.717, 1.165) is 11.3 Å². The van der Waals surface area contributed by atoms with Crippen molar-refractivity contribution in [2.45, 2.75) is 13.3 Å². The van der Waals surface area contributed by atoms with Crippen LogP contribution in [0.1, 0.15) is 22.8 Å². The third-order valence-electron chi connectivity index (χ3n) is 3.75. The molecule has 132 valence electrons. The molecule has 1 N–H and O–H groups in total. The number of anilines is 1. The largest absolute Gasteiger partial charge is 0.496 e. The third kappa shape index (κ3) is 4.12. The molecule has 7 heteroatoms. The number of amides is 1. The number of pyridine rings is 1. The number of methoxy groups -OCH3 is 1. The zero-order valence-corrected chi connectivity index (χ0v) is 15.2. The Morgan fingerprint density at radius 2 is 2.12 bits per heavy atom. The van der Waals surface area contributed by atoms with E-state index < -0.39 is 0 Å². The Balaban J connectivity index is 1.73. The lowest BCUT2D eigenvalue weighted by Crippen LogP contribution is -2.15. The van der Waals surface area contributed by atoms with Crippen LogP contribution in [0.2, 0.25) is 0 Å². The maximum Gasteiger partial charge on any atom is 0.230 e. The van der Waals surface area contributed by atoms with Gasteiger partial charge < -0.3 is 10.1 Å². The smallest absolute Gasteiger partial charge is 0.230 e. The molecule has 0 atom stereocenters. The Labute approximate surface area is 154 Å². The number of carbonyl (C=O) groups excluding carboxylic acids is 2. The van der Waals surface area contributed by atoms with E-state index in [0.29, 0.717) is 22.0 Å². The molecule has 2 aromatic heterocycles. The molecule has 0 fully saturated rings. The molecular weight excluding hydrogens is 350 g/mol. The van der Waals surface area contributed by atoms with Gasteiger partial charge in [-0.3, -0.25) is 14.6 Å². The van der Waals surface area contributed by atoms with Gasteiger partial charge in [-0.1, -0.05) is 0 Å². The molecule has 0 saturated carbocycles. The highest BCUT2D eigenvalue weighted by Gasteiger charge is 2.13. The fourth-order valence-electron chi connectivity index (χ4n) is 2.45. The second-order valence-electron chi connectivity index (χ2n) is 5.59. The van der Waals surface area contributed by atoms with Crippen molar-refractivity contribution < 1.29 is 14.3 Å². The van der Waals surface area contributed by atoms with Gasteiger partial charge in [-0.25, -0.2) is 4.98 Å². The molecule has 0 unspecified atom stereocenters. The van der Waals surface area contributed by atoms with Crippen LogP contribution >= 0.6 is 11.3 Å². The number of nitrogens with one attached hydrogen (secondary N) is 1. The molecule has 3 aromatic rings. The van der Waals surface area contributed by atoms with Crippen molar-refractivity contribution in [2.75, 3.05) is 12.4 Å². The Morgan fingerprint density at radius 1 is 1.27 bits per heavy atom. The summed E-state index contributed by atoms with van der Waals surface area (Å²) in [5.74, 6) is 0.284. The summed E-state index contributed by atoms with van der Waals surface area (Å²) in [5.41, 5.74) is 2.85. The molecule has 0 aliphatic heterocycles. The summed E-state index contributed by atoms with van der Waals surface area (Å²) in [5, 5.41) is 5.16. The molecule has 6 nitrogen and oxygen atoms in total. The minimum Gasteiger partial charge on any atom is -0.496 e. The Bertz CT molecular complexity index is 938. The molecule has 0 aliphatic rings. The highest BCUT2D eigenvalue weighted by atomic mass is 32.1. The second kappa shape index (κ2) is 7.88. The van der Waals surface area contributed by atoms with Crippen LogP contribution in [0, 0.1) is 0 Å². The van der Waals surface area contributed by atoms with E-state index in [2.05, 4.69) is 15.3 Å². The van der Waals surface area contributed by atoms with Crippen molar-refractivity contribution in [1.82, 2.24) is 9.97 Å². The van der Waals surface area contributed by atoms with Crippen LogP contribution in [-0.2, 0) is 11.2 Å². The predicted molar refractivity (Wildman–Crippen MR) is 101 cm³/mol. The van der Waals surface area contributed by atoms with Crippen molar-refractivity contribution in [3.05, 3.63) is 59.2 Å². The fourth-order valence-corrected chi connectivity index (χ4v) is 3.19. The first-order valence-corrected chi connectivity index (χ1v) is 8.78. The lowest BCUT2D eigenvalue weighted by Gasteiger charge is -2.09. The molecule has 0 aliphatic carbocycles. The number of nitrogens with zero attached hydrogens (tertiary/aromatic N) is 2. The van der Waals surface area contributed by atoms with E-state index in [9.17, 15) is 9.59 Å². The molecule has 1 amide bonds. The standard InChI is InChI=1S/C19H17N3O3S/c1-12(23)13-5-6-17(25-2)15(8-13)9-18(24)22-19-21-16(11-26-19)14-4-3-7-20-10-14/h3-8,10-11H,9H2,1-2H3,(H,21,22,24). The molecule has 3 rings (SSSR count). The summed E-state index contributed by atoms with van der Waals surface area (Å²) < 4.78 is 5.28. The molecule has 0 bridgehead atoms. The van der Waals surface area contributed by atoms with Crippen molar-refractivity contribution in [3.63, 3.8) is 0 Å². The molecule has 0 radical (unpaired) electrons. The lowest BCUT2D eigenvalue weighted by molar-refractivity contribution is -0.115. The van der Waals surface area contributed by atoms with E-state index in [1.807, 2.05) is 17.5 Å². The zero-order chi connectivity index (χ0) is 18.5. The van der Waals surface area contributed by atoms with Gasteiger partial charge in [0.15, 0.2) is 10.9 Å². The SMILES string of the molecule is COc1ccc(C(C)=O)cc1CC(=O)Nc1nc(-c2cccnc2)cs1. The number of Topliss-reactive ketones (excluding diaryl/α,β-unsaturated/α-hetero) is 1. The Hall–Kier alpha value is -3.06. The maximum atomic E-state index is 12.4. The number of hydrogen-bond donors (Lipinski definition) is 1. The average molecular weight is 367 g/mol. The van der Waals surface area contributed by atoms with Gasteiger partial charge in [-0.2, -0.15) is 0 Å². The molecule has 0 spiro atoms. The number of benzene rings is 1. The first kappa shape index (κ1) is 17.8. The molecular formula is C19H17N3O3S. The number of ketones is 1. The monoisotopic (exact) mass is 367 g/mol. The quantitative estimate of drug-likeness (QED) is 0.673. The summed E-state index contributed by atoms with van der Waals surface area (Å²) >= 11 is 1.35. The topological polar surface area (TPSA) is 81.2 Å². The number of rotatable bonds is 6. The van der Waals surface area contributed by atoms with Crippen molar-refractivity contribution >= 4 is 28.2 Å².